The normalized spacial score (nSPS) is 23.7. The summed E-state index contributed by atoms with van der Waals surface area (Å²) in [4.78, 5) is 2.44. The average Bonchev–Trinajstić information content (AvgIpc) is 3.54. The zero-order valence-corrected chi connectivity index (χ0v) is 29.7. The van der Waals surface area contributed by atoms with E-state index in [1.165, 1.54) is 75.8 Å². The fourth-order valence-corrected chi connectivity index (χ4v) is 11.8. The lowest BCUT2D eigenvalue weighted by Crippen LogP contribution is -2.56. The van der Waals surface area contributed by atoms with Crippen molar-refractivity contribution in [3.8, 4) is 17.2 Å². The number of aromatic nitrogens is 1. The Morgan fingerprint density at radius 3 is 1.81 bits per heavy atom. The van der Waals surface area contributed by atoms with Crippen LogP contribution in [0.1, 0.15) is 43.2 Å². The van der Waals surface area contributed by atoms with Gasteiger partial charge in [0.2, 0.25) is 0 Å². The third-order valence-corrected chi connectivity index (χ3v) is 13.6. The highest BCUT2D eigenvalue weighted by molar-refractivity contribution is 6.09. The Labute approximate surface area is 310 Å². The minimum absolute atomic E-state index is 0.0321. The Morgan fingerprint density at radius 1 is 0.491 bits per heavy atom. The molecule has 8 aromatic rings. The summed E-state index contributed by atoms with van der Waals surface area (Å²) in [5, 5.41) is 5.00. The molecule has 7 aromatic carbocycles. The van der Waals surface area contributed by atoms with E-state index >= 15 is 0 Å². The fraction of sp³-hybridized carbons (Fsp3) is 0.200. The van der Waals surface area contributed by atoms with Gasteiger partial charge in [0.25, 0.3) is 0 Å². The number of fused-ring (bicyclic) bond motifs is 6. The molecule has 0 saturated heterocycles. The van der Waals surface area contributed by atoms with Crippen LogP contribution in [0.4, 0.5) is 17.1 Å². The van der Waals surface area contributed by atoms with Gasteiger partial charge in [-0.2, -0.15) is 0 Å². The molecule has 4 bridgehead atoms. The minimum atomic E-state index is 0.0321. The van der Waals surface area contributed by atoms with E-state index in [1.54, 1.807) is 0 Å². The van der Waals surface area contributed by atoms with Crippen molar-refractivity contribution in [3.05, 3.63) is 169 Å². The minimum Gasteiger partial charge on any atom is -0.457 e. The molecule has 3 nitrogen and oxygen atoms in total. The van der Waals surface area contributed by atoms with E-state index in [0.29, 0.717) is 11.8 Å². The van der Waals surface area contributed by atoms with Gasteiger partial charge in [-0.1, -0.05) is 97.1 Å². The van der Waals surface area contributed by atoms with Gasteiger partial charge in [0, 0.05) is 55.8 Å². The van der Waals surface area contributed by atoms with Crippen LogP contribution in [-0.4, -0.2) is 4.57 Å². The van der Waals surface area contributed by atoms with Crippen LogP contribution in [0.3, 0.4) is 0 Å². The van der Waals surface area contributed by atoms with E-state index in [1.807, 2.05) is 0 Å². The van der Waals surface area contributed by atoms with Crippen molar-refractivity contribution in [2.45, 2.75) is 37.5 Å². The predicted octanol–water partition coefficient (Wildman–Crippen LogP) is 13.3. The number of rotatable bonds is 4. The standard InChI is InChI=1S/C50H40N2O/c1-2-12-40-34(10-1)11-9-18-45(40)51(37-20-22-38(23-21-37)52-46-16-6-3-13-41(46)42-14-4-7-17-47(42)52)39-24-25-44-49(31-39)53-48-19-8-5-15-43(48)50(44)35-27-32-26-33(29-35)30-36(50)28-32/h1-25,31-33,35-36H,26-30H2. The summed E-state index contributed by atoms with van der Waals surface area (Å²) in [6.07, 6.45) is 6.85. The van der Waals surface area contributed by atoms with Crippen molar-refractivity contribution >= 4 is 49.6 Å². The Morgan fingerprint density at radius 2 is 1.08 bits per heavy atom. The largest absolute Gasteiger partial charge is 0.457 e. The molecule has 0 atom stereocenters. The third-order valence-electron chi connectivity index (χ3n) is 13.6. The highest BCUT2D eigenvalue weighted by Gasteiger charge is 2.61. The number of benzene rings is 7. The van der Waals surface area contributed by atoms with E-state index in [-0.39, 0.29) is 5.41 Å². The van der Waals surface area contributed by atoms with Gasteiger partial charge in [-0.05, 0) is 116 Å². The van der Waals surface area contributed by atoms with Crippen molar-refractivity contribution in [1.29, 1.82) is 0 Å². The molecule has 4 aliphatic carbocycles. The zero-order valence-electron chi connectivity index (χ0n) is 29.7. The molecule has 4 saturated carbocycles. The summed E-state index contributed by atoms with van der Waals surface area (Å²) in [5.74, 6) is 5.23. The van der Waals surface area contributed by atoms with Crippen molar-refractivity contribution < 1.29 is 4.74 Å². The Kier molecular flexibility index (Phi) is 6.23. The first kappa shape index (κ1) is 29.7. The Balaban J connectivity index is 1.04. The second-order valence-corrected chi connectivity index (χ2v) is 16.2. The van der Waals surface area contributed by atoms with Crippen LogP contribution in [0.25, 0.3) is 38.3 Å². The Bertz CT molecular complexity index is 2650. The maximum Gasteiger partial charge on any atom is 0.133 e. The third kappa shape index (κ3) is 4.17. The number of para-hydroxylation sites is 3. The molecule has 1 aromatic heterocycles. The summed E-state index contributed by atoms with van der Waals surface area (Å²) in [6, 6.07) is 58.2. The molecule has 3 heteroatoms. The number of nitrogens with zero attached hydrogens (tertiary/aromatic N) is 2. The van der Waals surface area contributed by atoms with Crippen molar-refractivity contribution in [2.24, 2.45) is 23.7 Å². The van der Waals surface area contributed by atoms with Gasteiger partial charge in [-0.3, -0.25) is 0 Å². The summed E-state index contributed by atoms with van der Waals surface area (Å²) >= 11 is 0. The quantitative estimate of drug-likeness (QED) is 0.184. The van der Waals surface area contributed by atoms with Crippen LogP contribution in [0.15, 0.2) is 158 Å². The molecule has 53 heavy (non-hydrogen) atoms. The van der Waals surface area contributed by atoms with Gasteiger partial charge in [0.1, 0.15) is 11.5 Å². The summed E-state index contributed by atoms with van der Waals surface area (Å²) in [6.45, 7) is 0. The van der Waals surface area contributed by atoms with Crippen LogP contribution >= 0.6 is 0 Å². The molecule has 1 spiro atoms. The van der Waals surface area contributed by atoms with Crippen molar-refractivity contribution in [2.75, 3.05) is 4.90 Å². The summed E-state index contributed by atoms with van der Waals surface area (Å²) < 4.78 is 9.37. The summed E-state index contributed by atoms with van der Waals surface area (Å²) in [7, 11) is 0. The molecule has 0 radical (unpaired) electrons. The first-order valence-corrected chi connectivity index (χ1v) is 19.5. The van der Waals surface area contributed by atoms with Gasteiger partial charge in [-0.25, -0.2) is 0 Å². The molecule has 2 heterocycles. The van der Waals surface area contributed by atoms with Gasteiger partial charge >= 0.3 is 0 Å². The molecule has 0 amide bonds. The van der Waals surface area contributed by atoms with Gasteiger partial charge in [0.05, 0.1) is 16.7 Å². The molecule has 13 rings (SSSR count). The van der Waals surface area contributed by atoms with E-state index < -0.39 is 0 Å². The molecule has 256 valence electrons. The average molecular weight is 685 g/mol. The van der Waals surface area contributed by atoms with Crippen molar-refractivity contribution in [1.82, 2.24) is 4.57 Å². The summed E-state index contributed by atoms with van der Waals surface area (Å²) in [5.41, 5.74) is 9.86. The second-order valence-electron chi connectivity index (χ2n) is 16.2. The number of hydrogen-bond acceptors (Lipinski definition) is 2. The van der Waals surface area contributed by atoms with E-state index in [0.717, 1.165) is 46.1 Å². The van der Waals surface area contributed by atoms with Gasteiger partial charge in [0.15, 0.2) is 0 Å². The zero-order chi connectivity index (χ0) is 34.7. The molecule has 4 fully saturated rings. The predicted molar refractivity (Wildman–Crippen MR) is 217 cm³/mol. The lowest BCUT2D eigenvalue weighted by Gasteiger charge is -2.63. The SMILES string of the molecule is c1ccc2c(c1)Oc1cc(N(c3ccc(-n4c5ccccc5c5ccccc54)cc3)c3cccc4ccccc34)ccc1C21C2CC3CC(C2)CC1C3. The first-order valence-electron chi connectivity index (χ1n) is 19.5. The van der Waals surface area contributed by atoms with Gasteiger partial charge < -0.3 is 14.2 Å². The first-order chi connectivity index (χ1) is 26.2. The van der Waals surface area contributed by atoms with Crippen molar-refractivity contribution in [3.63, 3.8) is 0 Å². The highest BCUT2D eigenvalue weighted by Crippen LogP contribution is 2.69. The monoisotopic (exact) mass is 684 g/mol. The molecule has 0 unspecified atom stereocenters. The molecular formula is C50H40N2O. The second kappa shape index (κ2) is 11.1. The van der Waals surface area contributed by atoms with Crippen LogP contribution in [-0.2, 0) is 5.41 Å². The lowest BCUT2D eigenvalue weighted by molar-refractivity contribution is -0.0452. The van der Waals surface area contributed by atoms with Gasteiger partial charge in [-0.15, -0.1) is 0 Å². The molecule has 5 aliphatic rings. The fourth-order valence-electron chi connectivity index (χ4n) is 11.8. The Hall–Kier alpha value is -5.80. The van der Waals surface area contributed by atoms with Crippen LogP contribution in [0.5, 0.6) is 11.5 Å². The van der Waals surface area contributed by atoms with Crippen LogP contribution in [0, 0.1) is 23.7 Å². The topological polar surface area (TPSA) is 17.4 Å². The molecule has 0 N–H and O–H groups in total. The maximum absolute atomic E-state index is 6.98. The molecular weight excluding hydrogens is 645 g/mol. The lowest BCUT2D eigenvalue weighted by atomic mass is 9.42. The smallest absolute Gasteiger partial charge is 0.133 e. The van der Waals surface area contributed by atoms with Crippen LogP contribution in [0.2, 0.25) is 0 Å². The number of ether oxygens (including phenoxy) is 1. The molecule has 1 aliphatic heterocycles. The number of hydrogen-bond donors (Lipinski definition) is 0. The van der Waals surface area contributed by atoms with Crippen LogP contribution < -0.4 is 9.64 Å². The number of anilines is 3. The highest BCUT2D eigenvalue weighted by atomic mass is 16.5. The van der Waals surface area contributed by atoms with E-state index in [4.69, 9.17) is 4.74 Å². The van der Waals surface area contributed by atoms with E-state index in [9.17, 15) is 0 Å². The maximum atomic E-state index is 6.98. The van der Waals surface area contributed by atoms with E-state index in [2.05, 4.69) is 167 Å².